The van der Waals surface area contributed by atoms with Gasteiger partial charge >= 0.3 is 0 Å². The summed E-state index contributed by atoms with van der Waals surface area (Å²) in [5.41, 5.74) is 6.25. The molecule has 0 radical (unpaired) electrons. The molecule has 0 saturated heterocycles. The van der Waals surface area contributed by atoms with Gasteiger partial charge in [0.2, 0.25) is 5.91 Å². The molecule has 0 aliphatic carbocycles. The molecule has 1 amide bonds. The lowest BCUT2D eigenvalue weighted by Crippen LogP contribution is -2.14. The Morgan fingerprint density at radius 2 is 1.90 bits per heavy atom. The molecule has 0 heterocycles. The third-order valence-corrected chi connectivity index (χ3v) is 3.70. The molecule has 0 aliphatic heterocycles. The van der Waals surface area contributed by atoms with Crippen LogP contribution in [-0.2, 0) is 4.79 Å². The van der Waals surface area contributed by atoms with Crippen molar-refractivity contribution in [3.05, 3.63) is 36.4 Å². The van der Waals surface area contributed by atoms with Gasteiger partial charge in [0.05, 0.1) is 0 Å². The number of aromatic hydroxyl groups is 1. The highest BCUT2D eigenvalue weighted by atomic mass is 16.3. The average molecular weight is 286 g/mol. The number of amides is 1. The second kappa shape index (κ2) is 7.09. The van der Waals surface area contributed by atoms with Crippen molar-refractivity contribution < 1.29 is 9.90 Å². The number of fused-ring (bicyclic) bond motifs is 1. The maximum absolute atomic E-state index is 12.0. The van der Waals surface area contributed by atoms with Gasteiger partial charge < -0.3 is 16.2 Å². The molecule has 2 aromatic rings. The fourth-order valence-electron chi connectivity index (χ4n) is 2.42. The molecule has 4 nitrogen and oxygen atoms in total. The van der Waals surface area contributed by atoms with Gasteiger partial charge in [-0.25, -0.2) is 0 Å². The van der Waals surface area contributed by atoms with Gasteiger partial charge in [0, 0.05) is 22.9 Å². The largest absolute Gasteiger partial charge is 0.507 e. The number of hydrogen-bond donors (Lipinski definition) is 3. The fourth-order valence-corrected chi connectivity index (χ4v) is 2.42. The van der Waals surface area contributed by atoms with Crippen molar-refractivity contribution >= 4 is 22.4 Å². The molecule has 1 unspecified atom stereocenters. The summed E-state index contributed by atoms with van der Waals surface area (Å²) < 4.78 is 0. The average Bonchev–Trinajstić information content (AvgIpc) is 2.47. The number of carbonyl (C=O) groups is 1. The highest BCUT2D eigenvalue weighted by molar-refractivity contribution is 6.03. The van der Waals surface area contributed by atoms with Crippen LogP contribution in [0.1, 0.15) is 26.2 Å². The molecular weight excluding hydrogens is 264 g/mol. The van der Waals surface area contributed by atoms with Crippen LogP contribution in [-0.4, -0.2) is 17.6 Å². The summed E-state index contributed by atoms with van der Waals surface area (Å²) >= 11 is 0. The van der Waals surface area contributed by atoms with Crippen LogP contribution in [0.5, 0.6) is 5.75 Å². The van der Waals surface area contributed by atoms with Crippen LogP contribution < -0.4 is 11.1 Å². The number of carbonyl (C=O) groups excluding carboxylic acids is 1. The zero-order valence-electron chi connectivity index (χ0n) is 12.3. The van der Waals surface area contributed by atoms with Crippen LogP contribution >= 0.6 is 0 Å². The van der Waals surface area contributed by atoms with E-state index in [1.807, 2.05) is 24.3 Å². The van der Waals surface area contributed by atoms with Gasteiger partial charge in [-0.05, 0) is 37.4 Å². The van der Waals surface area contributed by atoms with E-state index in [4.69, 9.17) is 5.73 Å². The maximum Gasteiger partial charge on any atom is 0.224 e. The fraction of sp³-hybridized carbons (Fsp3) is 0.353. The van der Waals surface area contributed by atoms with Crippen molar-refractivity contribution in [2.75, 3.05) is 11.9 Å². The van der Waals surface area contributed by atoms with Crippen molar-refractivity contribution in [1.82, 2.24) is 0 Å². The van der Waals surface area contributed by atoms with Crippen molar-refractivity contribution in [3.63, 3.8) is 0 Å². The monoisotopic (exact) mass is 286 g/mol. The molecule has 112 valence electrons. The van der Waals surface area contributed by atoms with E-state index in [1.54, 1.807) is 12.1 Å². The number of nitrogens with one attached hydrogen (secondary N) is 1. The lowest BCUT2D eigenvalue weighted by Gasteiger charge is -2.12. The van der Waals surface area contributed by atoms with Gasteiger partial charge in [0.1, 0.15) is 5.75 Å². The molecule has 0 aromatic heterocycles. The molecule has 0 bridgehead atoms. The number of hydrogen-bond acceptors (Lipinski definition) is 3. The molecule has 4 N–H and O–H groups in total. The third kappa shape index (κ3) is 3.95. The van der Waals surface area contributed by atoms with Gasteiger partial charge in [-0.3, -0.25) is 4.79 Å². The van der Waals surface area contributed by atoms with Crippen molar-refractivity contribution in [3.8, 4) is 5.75 Å². The first-order valence-corrected chi connectivity index (χ1v) is 7.32. The Balaban J connectivity index is 2.06. The highest BCUT2D eigenvalue weighted by Crippen LogP contribution is 2.29. The Hall–Kier alpha value is -2.07. The summed E-state index contributed by atoms with van der Waals surface area (Å²) in [6, 6.07) is 10.8. The topological polar surface area (TPSA) is 75.4 Å². The minimum Gasteiger partial charge on any atom is -0.507 e. The number of phenols is 1. The van der Waals surface area contributed by atoms with Gasteiger partial charge in [-0.1, -0.05) is 31.2 Å². The number of anilines is 1. The lowest BCUT2D eigenvalue weighted by molar-refractivity contribution is -0.116. The Labute approximate surface area is 125 Å². The highest BCUT2D eigenvalue weighted by Gasteiger charge is 2.09. The third-order valence-electron chi connectivity index (χ3n) is 3.70. The van der Waals surface area contributed by atoms with Crippen molar-refractivity contribution in [2.24, 2.45) is 11.7 Å². The van der Waals surface area contributed by atoms with E-state index in [9.17, 15) is 9.90 Å². The summed E-state index contributed by atoms with van der Waals surface area (Å²) in [5, 5.41) is 14.4. The molecule has 0 spiro atoms. The Kier molecular flexibility index (Phi) is 5.17. The number of nitrogens with two attached hydrogens (primary N) is 1. The van der Waals surface area contributed by atoms with Gasteiger partial charge in [0.25, 0.3) is 0 Å². The number of benzene rings is 2. The predicted octanol–water partition coefficient (Wildman–Crippen LogP) is 3.25. The van der Waals surface area contributed by atoms with Crippen LogP contribution in [0.15, 0.2) is 36.4 Å². The summed E-state index contributed by atoms with van der Waals surface area (Å²) in [7, 11) is 0. The van der Waals surface area contributed by atoms with Crippen molar-refractivity contribution in [1.29, 1.82) is 0 Å². The van der Waals surface area contributed by atoms with E-state index in [0.29, 0.717) is 18.9 Å². The molecule has 0 aliphatic rings. The van der Waals surface area contributed by atoms with Gasteiger partial charge in [-0.15, -0.1) is 0 Å². The van der Waals surface area contributed by atoms with Crippen molar-refractivity contribution in [2.45, 2.75) is 26.2 Å². The van der Waals surface area contributed by atoms with Crippen LogP contribution in [0.25, 0.3) is 10.8 Å². The first kappa shape index (κ1) is 15.3. The van der Waals surface area contributed by atoms with E-state index in [1.165, 1.54) is 0 Å². The van der Waals surface area contributed by atoms with Crippen LogP contribution in [0.2, 0.25) is 0 Å². The van der Waals surface area contributed by atoms with Gasteiger partial charge in [0.15, 0.2) is 0 Å². The zero-order valence-corrected chi connectivity index (χ0v) is 12.3. The molecule has 1 atom stereocenters. The Bertz CT molecular complexity index is 625. The zero-order chi connectivity index (χ0) is 15.2. The minimum absolute atomic E-state index is 0.00489. The molecule has 2 aromatic carbocycles. The van der Waals surface area contributed by atoms with Crippen LogP contribution in [0, 0.1) is 5.92 Å². The number of phenolic OH excluding ortho intramolecular Hbond substituents is 1. The summed E-state index contributed by atoms with van der Waals surface area (Å²) in [4.78, 5) is 12.0. The molecule has 0 fully saturated rings. The van der Waals surface area contributed by atoms with Crippen LogP contribution in [0.3, 0.4) is 0 Å². The normalized spacial score (nSPS) is 12.3. The molecule has 0 saturated carbocycles. The van der Waals surface area contributed by atoms with E-state index < -0.39 is 0 Å². The van der Waals surface area contributed by atoms with E-state index >= 15 is 0 Å². The molecule has 4 heteroatoms. The van der Waals surface area contributed by atoms with E-state index in [0.717, 1.165) is 29.3 Å². The summed E-state index contributed by atoms with van der Waals surface area (Å²) in [5.74, 6) is 0.673. The Morgan fingerprint density at radius 1 is 1.19 bits per heavy atom. The van der Waals surface area contributed by atoms with Crippen LogP contribution in [0.4, 0.5) is 5.69 Å². The standard InChI is InChI=1S/C17H22N2O2/c1-12(10-11-18)8-9-17(21)19-15-6-2-5-14-13(15)4-3-7-16(14)20/h2-7,12,20H,8-11,18H2,1H3,(H,19,21). The van der Waals surface area contributed by atoms with E-state index in [2.05, 4.69) is 12.2 Å². The lowest BCUT2D eigenvalue weighted by atomic mass is 10.0. The minimum atomic E-state index is -0.00489. The first-order chi connectivity index (χ1) is 10.1. The summed E-state index contributed by atoms with van der Waals surface area (Å²) in [6.45, 7) is 2.77. The molecular formula is C17H22N2O2. The Morgan fingerprint density at radius 3 is 2.67 bits per heavy atom. The second-order valence-corrected chi connectivity index (χ2v) is 5.45. The van der Waals surface area contributed by atoms with E-state index in [-0.39, 0.29) is 11.7 Å². The second-order valence-electron chi connectivity index (χ2n) is 5.45. The number of rotatable bonds is 6. The first-order valence-electron chi connectivity index (χ1n) is 7.32. The quantitative estimate of drug-likeness (QED) is 0.763. The summed E-state index contributed by atoms with van der Waals surface area (Å²) in [6.07, 6.45) is 2.25. The SMILES string of the molecule is CC(CCN)CCC(=O)Nc1cccc2c(O)cccc12. The molecule has 2 rings (SSSR count). The maximum atomic E-state index is 12.0. The van der Waals surface area contributed by atoms with Gasteiger partial charge in [-0.2, -0.15) is 0 Å². The smallest absolute Gasteiger partial charge is 0.224 e. The molecule has 21 heavy (non-hydrogen) atoms. The predicted molar refractivity (Wildman–Crippen MR) is 86.3 cm³/mol.